The number of amides is 17. The summed E-state index contributed by atoms with van der Waals surface area (Å²) in [5.74, 6) is -27.3. The van der Waals surface area contributed by atoms with Crippen molar-refractivity contribution in [3.8, 4) is 0 Å². The first-order valence-electron chi connectivity index (χ1n) is 41.1. The van der Waals surface area contributed by atoms with E-state index < -0.39 is 310 Å². The van der Waals surface area contributed by atoms with Crippen LogP contribution in [0.5, 0.6) is 0 Å². The number of carbonyl (C=O) groups excluding carboxylic acids is 17. The van der Waals surface area contributed by atoms with Crippen LogP contribution in [-0.2, 0) is 107 Å². The summed E-state index contributed by atoms with van der Waals surface area (Å²) in [6, 6.07) is -18.4. The molecule has 48 heteroatoms. The summed E-state index contributed by atoms with van der Waals surface area (Å²) in [6.45, 7) is 8.89. The SMILES string of the molecule is CC[C@H](C)[C@H](N)C(=O)N1CCC[C@H]1C(=O)N[C@@H](CO)C(=O)N[C@H](C(=O)N[C@@H](Cc1ccccc1)C(=O)N[C@H](C(=O)NCC(=O)N[C@@H](CCC(=O)O)C(=O)N[C@@H](CO)C(=O)N[C@@H](CO)C(=O)N[C@@H](C)C(=O)N[C@@H](CC(N)=O)C(=O)N[C@@H](CO)C(=O)N[C@@H](CC(C)C)C(=O)N[C@@H](CCCCN)C(=O)N[C@@H](CC(=O)O)C(=O)N[C@@H](CCC(=O)O)C(=O)O)[C@@H](C)CC)C(C)C. The molecule has 2 rings (SSSR count). The molecule has 1 aromatic rings. The van der Waals surface area contributed by atoms with Crippen molar-refractivity contribution >= 4 is 124 Å². The van der Waals surface area contributed by atoms with Crippen LogP contribution < -0.4 is 97.0 Å². The molecule has 1 aromatic carbocycles. The van der Waals surface area contributed by atoms with E-state index in [0.29, 0.717) is 18.4 Å². The predicted octanol–water partition coefficient (Wildman–Crippen LogP) is -9.47. The van der Waals surface area contributed by atoms with Crippen LogP contribution in [0, 0.1) is 23.7 Å². The first-order valence-corrected chi connectivity index (χ1v) is 41.1. The monoisotopic (exact) mass is 1790 g/mol. The van der Waals surface area contributed by atoms with E-state index in [1.165, 1.54) is 4.90 Å². The first-order chi connectivity index (χ1) is 59.2. The van der Waals surface area contributed by atoms with Crippen LogP contribution in [0.15, 0.2) is 30.3 Å². The molecule has 0 saturated carbocycles. The molecule has 126 heavy (non-hydrogen) atoms. The Morgan fingerprint density at radius 1 is 0.437 bits per heavy atom. The minimum absolute atomic E-state index is 0.0882. The number of benzene rings is 1. The van der Waals surface area contributed by atoms with Crippen molar-refractivity contribution in [2.45, 2.75) is 255 Å². The van der Waals surface area contributed by atoms with E-state index in [1.54, 1.807) is 78.8 Å². The number of carboxylic acids is 4. The van der Waals surface area contributed by atoms with Gasteiger partial charge in [-0.1, -0.05) is 98.6 Å². The Labute approximate surface area is 725 Å². The van der Waals surface area contributed by atoms with Gasteiger partial charge in [-0.25, -0.2) is 4.79 Å². The second-order valence-electron chi connectivity index (χ2n) is 31.2. The second kappa shape index (κ2) is 55.9. The van der Waals surface area contributed by atoms with Gasteiger partial charge in [-0.05, 0) is 94.1 Å². The van der Waals surface area contributed by atoms with Crippen LogP contribution in [0.2, 0.25) is 0 Å². The van der Waals surface area contributed by atoms with Crippen LogP contribution >= 0.6 is 0 Å². The Balaban J connectivity index is 2.27. The molecule has 48 nitrogen and oxygen atoms in total. The molecular formula is C78H125N19O29. The summed E-state index contributed by atoms with van der Waals surface area (Å²) in [7, 11) is 0. The van der Waals surface area contributed by atoms with Crippen LogP contribution in [0.4, 0.5) is 0 Å². The molecule has 17 amide bonds. The van der Waals surface area contributed by atoms with Crippen molar-refractivity contribution in [2.75, 3.05) is 46.1 Å². The Kier molecular flexibility index (Phi) is 48.8. The summed E-state index contributed by atoms with van der Waals surface area (Å²) < 4.78 is 0. The number of nitrogens with one attached hydrogen (secondary N) is 15. The highest BCUT2D eigenvalue weighted by Crippen LogP contribution is 2.22. The Morgan fingerprint density at radius 3 is 1.34 bits per heavy atom. The molecule has 706 valence electrons. The maximum absolute atomic E-state index is 14.5. The molecule has 1 aliphatic heterocycles. The van der Waals surface area contributed by atoms with Gasteiger partial charge in [0.2, 0.25) is 100 Å². The molecule has 0 bridgehead atoms. The highest BCUT2D eigenvalue weighted by Gasteiger charge is 2.42. The van der Waals surface area contributed by atoms with Crippen molar-refractivity contribution in [3.05, 3.63) is 35.9 Å². The summed E-state index contributed by atoms with van der Waals surface area (Å²) in [5.41, 5.74) is 17.7. The first kappa shape index (κ1) is 110. The van der Waals surface area contributed by atoms with E-state index in [9.17, 15) is 136 Å². The Hall–Kier alpha value is -12.1. The van der Waals surface area contributed by atoms with E-state index in [0.717, 1.165) is 6.92 Å². The number of rotatable bonds is 59. The molecule has 0 radical (unpaired) electrons. The predicted molar refractivity (Wildman–Crippen MR) is 440 cm³/mol. The normalized spacial score (nSPS) is 16.4. The molecule has 1 saturated heterocycles. The number of carboxylic acid groups (broad SMARTS) is 4. The Bertz CT molecular complexity index is 3930. The fraction of sp³-hybridized carbons (Fsp3) is 0.654. The molecule has 1 fully saturated rings. The summed E-state index contributed by atoms with van der Waals surface area (Å²) >= 11 is 0. The molecule has 1 aliphatic rings. The van der Waals surface area contributed by atoms with Gasteiger partial charge in [0.25, 0.3) is 0 Å². The number of hydrogen-bond donors (Lipinski definition) is 26. The van der Waals surface area contributed by atoms with Gasteiger partial charge in [0, 0.05) is 25.8 Å². The van der Waals surface area contributed by atoms with Crippen LogP contribution in [0.1, 0.15) is 158 Å². The maximum Gasteiger partial charge on any atom is 0.326 e. The van der Waals surface area contributed by atoms with E-state index in [4.69, 9.17) is 22.3 Å². The average Bonchev–Trinajstić information content (AvgIpc) is 1.56. The van der Waals surface area contributed by atoms with Crippen LogP contribution in [0.25, 0.3) is 0 Å². The highest BCUT2D eigenvalue weighted by molar-refractivity contribution is 6.02. The lowest BCUT2D eigenvalue weighted by Gasteiger charge is -2.30. The van der Waals surface area contributed by atoms with Gasteiger partial charge in [0.05, 0.1) is 51.9 Å². The third-order valence-electron chi connectivity index (χ3n) is 20.3. The molecule has 0 spiro atoms. The third-order valence-corrected chi connectivity index (χ3v) is 20.3. The number of primary amides is 1. The topological polar surface area (TPSA) is 782 Å². The molecular weight excluding hydrogens is 1670 g/mol. The zero-order chi connectivity index (χ0) is 95.5. The molecule has 0 unspecified atom stereocenters. The standard InChI is InChI=1S/C78H125N19O29/c1-10-39(7)60(81)77(124)97-27-17-21-54(97)74(121)94-53(36-101)73(120)95-61(38(5)6)76(123)90-47(29-42-18-13-12-14-19-42)69(116)96-62(40(8)11-2)75(122)82-32-56(103)84-44(22-24-57(104)105)65(112)91-52(35-100)72(119)93-50(33-98)70(117)83-41(9)63(110)87-48(30-55(80)102)67(114)92-51(34-99)71(118)88-46(28-37(3)4)66(113)85-43(20-15-16-26-79)64(111)89-49(31-59(108)109)68(115)86-45(78(125)126)23-25-58(106)107/h12-14,18-19,37-41,43-54,60-62,98-101H,10-11,15-17,20-36,79,81H2,1-9H3,(H2,80,102)(H,82,122)(H,83,117)(H,84,103)(H,85,113)(H,86,115)(H,87,110)(H,88,118)(H,89,111)(H,90,123)(H,91,112)(H,92,114)(H,93,119)(H,94,121)(H,95,120)(H,96,116)(H,104,105)(H,106,107)(H,108,109)(H,125,126)/t39-,40-,41-,43-,44-,45-,46-,47-,48-,49-,50-,51-,52-,53-,54-,60-,61-,62-/m0/s1. The lowest BCUT2D eigenvalue weighted by atomic mass is 9.96. The second-order valence-corrected chi connectivity index (χ2v) is 31.2. The van der Waals surface area contributed by atoms with E-state index in [1.807, 2.05) is 17.6 Å². The van der Waals surface area contributed by atoms with Gasteiger partial charge in [-0.2, -0.15) is 0 Å². The summed E-state index contributed by atoms with van der Waals surface area (Å²) in [4.78, 5) is 281. The van der Waals surface area contributed by atoms with Crippen LogP contribution in [-0.4, -0.2) is 313 Å². The lowest BCUT2D eigenvalue weighted by molar-refractivity contribution is -0.144. The quantitative estimate of drug-likeness (QED) is 0.0269. The Morgan fingerprint density at radius 2 is 0.857 bits per heavy atom. The number of aliphatic hydroxyl groups excluding tert-OH is 4. The largest absolute Gasteiger partial charge is 0.481 e. The molecule has 29 N–H and O–H groups in total. The average molecular weight is 1790 g/mol. The number of nitrogens with two attached hydrogens (primary N) is 3. The zero-order valence-corrected chi connectivity index (χ0v) is 71.8. The third kappa shape index (κ3) is 38.1. The number of nitrogens with zero attached hydrogens (tertiary/aromatic N) is 1. The highest BCUT2D eigenvalue weighted by atomic mass is 16.4. The van der Waals surface area contributed by atoms with E-state index in [2.05, 4.69) is 69.1 Å². The fourth-order valence-corrected chi connectivity index (χ4v) is 12.5. The lowest BCUT2D eigenvalue weighted by Crippen LogP contribution is -2.62. The van der Waals surface area contributed by atoms with Gasteiger partial charge in [-0.15, -0.1) is 0 Å². The van der Waals surface area contributed by atoms with E-state index in [-0.39, 0.29) is 64.0 Å². The molecule has 1 heterocycles. The molecule has 0 aromatic heterocycles. The van der Waals surface area contributed by atoms with Crippen molar-refractivity contribution in [1.29, 1.82) is 0 Å². The van der Waals surface area contributed by atoms with Crippen LogP contribution in [0.3, 0.4) is 0 Å². The summed E-state index contributed by atoms with van der Waals surface area (Å²) in [6.07, 6.45) is -3.74. The zero-order valence-electron chi connectivity index (χ0n) is 71.8. The minimum atomic E-state index is -2.06. The number of carbonyl (C=O) groups is 21. The summed E-state index contributed by atoms with van der Waals surface area (Å²) in [5, 5.41) is 113. The number of aliphatic carboxylic acids is 4. The van der Waals surface area contributed by atoms with Gasteiger partial charge < -0.3 is 143 Å². The molecule has 0 aliphatic carbocycles. The molecule has 18 atom stereocenters. The minimum Gasteiger partial charge on any atom is -0.481 e. The smallest absolute Gasteiger partial charge is 0.326 e. The maximum atomic E-state index is 14.5. The van der Waals surface area contributed by atoms with Gasteiger partial charge in [-0.3, -0.25) is 95.9 Å². The van der Waals surface area contributed by atoms with Crippen molar-refractivity contribution in [3.63, 3.8) is 0 Å². The van der Waals surface area contributed by atoms with Gasteiger partial charge >= 0.3 is 23.9 Å². The van der Waals surface area contributed by atoms with Crippen molar-refractivity contribution < 1.29 is 142 Å². The van der Waals surface area contributed by atoms with Gasteiger partial charge in [0.15, 0.2) is 0 Å². The number of unbranched alkanes of at least 4 members (excludes halogenated alkanes) is 1. The number of aliphatic hydroxyl groups is 4. The van der Waals surface area contributed by atoms with Crippen molar-refractivity contribution in [2.24, 2.45) is 40.9 Å². The number of hydrogen-bond acceptors (Lipinski definition) is 27. The van der Waals surface area contributed by atoms with E-state index >= 15 is 0 Å². The van der Waals surface area contributed by atoms with Crippen molar-refractivity contribution in [1.82, 2.24) is 84.7 Å². The van der Waals surface area contributed by atoms with Gasteiger partial charge in [0.1, 0.15) is 90.6 Å². The fourth-order valence-electron chi connectivity index (χ4n) is 12.5. The number of likely N-dealkylation sites (tertiary alicyclic amines) is 1.